The van der Waals surface area contributed by atoms with E-state index in [0.717, 1.165) is 16.5 Å². The van der Waals surface area contributed by atoms with Gasteiger partial charge >= 0.3 is 5.97 Å². The molecule has 0 saturated heterocycles. The molecule has 0 unspecified atom stereocenters. The number of rotatable bonds is 3. The molecule has 0 fully saturated rings. The van der Waals surface area contributed by atoms with E-state index in [1.165, 1.54) is 6.07 Å². The van der Waals surface area contributed by atoms with E-state index in [-0.39, 0.29) is 5.69 Å². The molecule has 3 rings (SSSR count). The molecule has 0 aliphatic heterocycles. The van der Waals surface area contributed by atoms with Gasteiger partial charge in [0.05, 0.1) is 12.6 Å². The molecule has 0 saturated carbocycles. The van der Waals surface area contributed by atoms with Gasteiger partial charge in [-0.2, -0.15) is 0 Å². The highest BCUT2D eigenvalue weighted by Gasteiger charge is 2.15. The van der Waals surface area contributed by atoms with Gasteiger partial charge < -0.3 is 18.9 Å². The van der Waals surface area contributed by atoms with E-state index >= 15 is 0 Å². The molecule has 0 spiro atoms. The third-order valence-corrected chi connectivity index (χ3v) is 3.20. The maximum absolute atomic E-state index is 10.8. The van der Waals surface area contributed by atoms with Crippen molar-refractivity contribution in [2.75, 3.05) is 7.11 Å². The number of benzene rings is 1. The number of carboxylic acid groups (broad SMARTS) is 1. The lowest BCUT2D eigenvalue weighted by molar-refractivity contribution is 0.0686. The standard InChI is InChI=1S/C14H12N2O4/c1-16-4-3-9-11(16)5-8(6-13(9)19-2)12-7-10(14(17)18)15-20-12/h3-7H,1-2H3,(H,17,18). The highest BCUT2D eigenvalue weighted by Crippen LogP contribution is 2.33. The third-order valence-electron chi connectivity index (χ3n) is 3.20. The highest BCUT2D eigenvalue weighted by atomic mass is 16.5. The van der Waals surface area contributed by atoms with Crippen LogP contribution in [0.2, 0.25) is 0 Å². The van der Waals surface area contributed by atoms with Crippen LogP contribution in [0.3, 0.4) is 0 Å². The van der Waals surface area contributed by atoms with E-state index in [4.69, 9.17) is 14.4 Å². The van der Waals surface area contributed by atoms with Crippen molar-refractivity contribution >= 4 is 16.9 Å². The lowest BCUT2D eigenvalue weighted by Crippen LogP contribution is -1.94. The van der Waals surface area contributed by atoms with Gasteiger partial charge in [0.15, 0.2) is 11.5 Å². The first-order chi connectivity index (χ1) is 9.60. The molecule has 2 aromatic heterocycles. The van der Waals surface area contributed by atoms with E-state index in [1.54, 1.807) is 13.2 Å². The Morgan fingerprint density at radius 2 is 2.20 bits per heavy atom. The lowest BCUT2D eigenvalue weighted by atomic mass is 10.1. The molecule has 102 valence electrons. The van der Waals surface area contributed by atoms with Gasteiger partial charge in [-0.05, 0) is 18.2 Å². The molecular formula is C14H12N2O4. The Morgan fingerprint density at radius 3 is 2.85 bits per heavy atom. The molecule has 0 aliphatic carbocycles. The zero-order valence-corrected chi connectivity index (χ0v) is 11.0. The van der Waals surface area contributed by atoms with Crippen LogP contribution in [-0.2, 0) is 7.05 Å². The predicted octanol–water partition coefficient (Wildman–Crippen LogP) is 2.54. The number of nitrogens with zero attached hydrogens (tertiary/aromatic N) is 2. The minimum atomic E-state index is -1.12. The van der Waals surface area contributed by atoms with E-state index in [1.807, 2.05) is 29.9 Å². The van der Waals surface area contributed by atoms with Crippen LogP contribution in [-0.4, -0.2) is 27.9 Å². The van der Waals surface area contributed by atoms with Crippen molar-refractivity contribution < 1.29 is 19.2 Å². The van der Waals surface area contributed by atoms with E-state index in [9.17, 15) is 4.79 Å². The van der Waals surface area contributed by atoms with Crippen LogP contribution in [0.4, 0.5) is 0 Å². The number of hydrogen-bond donors (Lipinski definition) is 1. The highest BCUT2D eigenvalue weighted by molar-refractivity contribution is 5.91. The number of carbonyl (C=O) groups is 1. The van der Waals surface area contributed by atoms with Gasteiger partial charge in [-0.3, -0.25) is 0 Å². The van der Waals surface area contributed by atoms with E-state index in [2.05, 4.69) is 5.16 Å². The second-order valence-corrected chi connectivity index (χ2v) is 4.42. The quantitative estimate of drug-likeness (QED) is 0.792. The Hall–Kier alpha value is -2.76. The summed E-state index contributed by atoms with van der Waals surface area (Å²) in [5, 5.41) is 13.4. The SMILES string of the molecule is COc1cc(-c2cc(C(=O)O)no2)cc2c1ccn2C. The Balaban J connectivity index is 2.19. The zero-order valence-electron chi connectivity index (χ0n) is 11.0. The van der Waals surface area contributed by atoms with Crippen LogP contribution in [0.25, 0.3) is 22.2 Å². The van der Waals surface area contributed by atoms with Gasteiger partial charge in [-0.15, -0.1) is 0 Å². The Bertz CT molecular complexity index is 801. The van der Waals surface area contributed by atoms with Crippen LogP contribution in [0, 0.1) is 0 Å². The van der Waals surface area contributed by atoms with Gasteiger partial charge in [-0.25, -0.2) is 4.79 Å². The van der Waals surface area contributed by atoms with Gasteiger partial charge in [0.25, 0.3) is 0 Å². The minimum absolute atomic E-state index is 0.119. The number of carboxylic acids is 1. The summed E-state index contributed by atoms with van der Waals surface area (Å²) in [7, 11) is 3.52. The molecular weight excluding hydrogens is 260 g/mol. The van der Waals surface area contributed by atoms with Crippen molar-refractivity contribution in [3.63, 3.8) is 0 Å². The first-order valence-corrected chi connectivity index (χ1v) is 5.93. The number of aromatic carboxylic acids is 1. The van der Waals surface area contributed by atoms with E-state index in [0.29, 0.717) is 11.5 Å². The maximum Gasteiger partial charge on any atom is 0.358 e. The number of hydrogen-bond acceptors (Lipinski definition) is 4. The van der Waals surface area contributed by atoms with Crippen LogP contribution >= 0.6 is 0 Å². The maximum atomic E-state index is 10.8. The molecule has 6 heteroatoms. The van der Waals surface area contributed by atoms with Gasteiger partial charge in [0.1, 0.15) is 5.75 Å². The summed E-state index contributed by atoms with van der Waals surface area (Å²) in [4.78, 5) is 10.8. The number of methoxy groups -OCH3 is 1. The fraction of sp³-hybridized carbons (Fsp3) is 0.143. The third kappa shape index (κ3) is 1.82. The van der Waals surface area contributed by atoms with E-state index < -0.39 is 5.97 Å². The largest absolute Gasteiger partial charge is 0.496 e. The molecule has 1 aromatic carbocycles. The van der Waals surface area contributed by atoms with Crippen molar-refractivity contribution in [1.29, 1.82) is 0 Å². The fourth-order valence-corrected chi connectivity index (χ4v) is 2.16. The smallest absolute Gasteiger partial charge is 0.358 e. The number of aryl methyl sites for hydroxylation is 1. The Kier molecular flexibility index (Phi) is 2.71. The summed E-state index contributed by atoms with van der Waals surface area (Å²) in [6.45, 7) is 0. The lowest BCUT2D eigenvalue weighted by Gasteiger charge is -2.05. The van der Waals surface area contributed by atoms with Crippen molar-refractivity contribution in [3.8, 4) is 17.1 Å². The van der Waals surface area contributed by atoms with Crippen molar-refractivity contribution in [3.05, 3.63) is 36.2 Å². The first-order valence-electron chi connectivity index (χ1n) is 5.93. The van der Waals surface area contributed by atoms with Crippen LogP contribution in [0.15, 0.2) is 35.0 Å². The normalized spacial score (nSPS) is 10.9. The molecule has 2 heterocycles. The number of fused-ring (bicyclic) bond motifs is 1. The van der Waals surface area contributed by atoms with Crippen molar-refractivity contribution in [1.82, 2.24) is 9.72 Å². The summed E-state index contributed by atoms with van der Waals surface area (Å²) in [5.74, 6) is -0.0258. The monoisotopic (exact) mass is 272 g/mol. The predicted molar refractivity (Wildman–Crippen MR) is 71.9 cm³/mol. The van der Waals surface area contributed by atoms with Gasteiger partial charge in [0.2, 0.25) is 0 Å². The summed E-state index contributed by atoms with van der Waals surface area (Å²) in [5.41, 5.74) is 1.56. The fourth-order valence-electron chi connectivity index (χ4n) is 2.16. The first kappa shape index (κ1) is 12.3. The average molecular weight is 272 g/mol. The summed E-state index contributed by atoms with van der Waals surface area (Å²) in [6, 6.07) is 7.06. The minimum Gasteiger partial charge on any atom is -0.496 e. The molecule has 0 bridgehead atoms. The topological polar surface area (TPSA) is 77.5 Å². The van der Waals surface area contributed by atoms with Crippen LogP contribution in [0.1, 0.15) is 10.5 Å². The van der Waals surface area contributed by atoms with Gasteiger partial charge in [0, 0.05) is 30.3 Å². The Morgan fingerprint density at radius 1 is 1.40 bits per heavy atom. The molecule has 0 aliphatic rings. The van der Waals surface area contributed by atoms with Crippen LogP contribution < -0.4 is 4.74 Å². The summed E-state index contributed by atoms with van der Waals surface area (Å²) >= 11 is 0. The zero-order chi connectivity index (χ0) is 14.3. The Labute approximate surface area is 114 Å². The number of ether oxygens (including phenoxy) is 1. The van der Waals surface area contributed by atoms with Crippen molar-refractivity contribution in [2.24, 2.45) is 7.05 Å². The summed E-state index contributed by atoms with van der Waals surface area (Å²) < 4.78 is 12.4. The molecule has 3 aromatic rings. The molecule has 20 heavy (non-hydrogen) atoms. The second kappa shape index (κ2) is 4.41. The molecule has 0 atom stereocenters. The molecule has 1 N–H and O–H groups in total. The van der Waals surface area contributed by atoms with Gasteiger partial charge in [-0.1, -0.05) is 5.16 Å². The van der Waals surface area contributed by atoms with Crippen LogP contribution in [0.5, 0.6) is 5.75 Å². The number of aromatic nitrogens is 2. The molecule has 6 nitrogen and oxygen atoms in total. The molecule has 0 amide bonds. The average Bonchev–Trinajstić information content (AvgIpc) is 3.05. The van der Waals surface area contributed by atoms with Crippen molar-refractivity contribution in [2.45, 2.75) is 0 Å². The summed E-state index contributed by atoms with van der Waals surface area (Å²) in [6.07, 6.45) is 1.93. The molecule has 0 radical (unpaired) electrons. The second-order valence-electron chi connectivity index (χ2n) is 4.42.